The molecule has 20 heavy (non-hydrogen) atoms. The van der Waals surface area contributed by atoms with Crippen molar-refractivity contribution >= 4 is 23.4 Å². The number of amides is 1. The van der Waals surface area contributed by atoms with Crippen LogP contribution in [0.15, 0.2) is 47.4 Å². The number of hydrogen-bond acceptors (Lipinski definition) is 2. The molecule has 1 N–H and O–H groups in total. The predicted molar refractivity (Wildman–Crippen MR) is 84.3 cm³/mol. The molecule has 102 valence electrons. The number of anilines is 1. The number of aryl methyl sites for hydroxylation is 2. The molecule has 0 bridgehead atoms. The summed E-state index contributed by atoms with van der Waals surface area (Å²) in [6.07, 6.45) is 0.817. The molecule has 3 heteroatoms. The Morgan fingerprint density at radius 3 is 2.75 bits per heavy atom. The van der Waals surface area contributed by atoms with Crippen LogP contribution in [0.25, 0.3) is 0 Å². The Kier molecular flexibility index (Phi) is 3.53. The molecule has 1 atom stereocenters. The third-order valence-corrected chi connectivity index (χ3v) is 4.77. The highest BCUT2D eigenvalue weighted by Crippen LogP contribution is 2.38. The van der Waals surface area contributed by atoms with Crippen LogP contribution in [0.1, 0.15) is 16.7 Å². The van der Waals surface area contributed by atoms with Gasteiger partial charge in [0.15, 0.2) is 0 Å². The number of fused-ring (bicyclic) bond motifs is 1. The zero-order valence-electron chi connectivity index (χ0n) is 11.6. The highest BCUT2D eigenvalue weighted by atomic mass is 32.2. The van der Waals surface area contributed by atoms with Crippen LogP contribution in [0.5, 0.6) is 0 Å². The minimum absolute atomic E-state index is 0.0210. The van der Waals surface area contributed by atoms with E-state index in [2.05, 4.69) is 30.4 Å². The molecule has 3 rings (SSSR count). The topological polar surface area (TPSA) is 29.1 Å². The molecule has 2 aromatic rings. The van der Waals surface area contributed by atoms with Crippen molar-refractivity contribution < 1.29 is 4.79 Å². The van der Waals surface area contributed by atoms with E-state index in [0.717, 1.165) is 17.7 Å². The Bertz CT molecular complexity index is 666. The summed E-state index contributed by atoms with van der Waals surface area (Å²) in [7, 11) is 0. The van der Waals surface area contributed by atoms with E-state index in [1.54, 1.807) is 11.8 Å². The van der Waals surface area contributed by atoms with Crippen LogP contribution in [0.3, 0.4) is 0 Å². The molecule has 1 aliphatic rings. The lowest BCUT2D eigenvalue weighted by atomic mass is 10.1. The van der Waals surface area contributed by atoms with Gasteiger partial charge in [0, 0.05) is 10.6 Å². The van der Waals surface area contributed by atoms with Crippen molar-refractivity contribution in [3.63, 3.8) is 0 Å². The summed E-state index contributed by atoms with van der Waals surface area (Å²) in [5, 5.41) is 2.99. The molecule has 1 amide bonds. The fourth-order valence-electron chi connectivity index (χ4n) is 2.43. The second kappa shape index (κ2) is 5.33. The van der Waals surface area contributed by atoms with E-state index in [0.29, 0.717) is 0 Å². The van der Waals surface area contributed by atoms with Crippen molar-refractivity contribution in [1.29, 1.82) is 0 Å². The largest absolute Gasteiger partial charge is 0.325 e. The Balaban J connectivity index is 1.71. The molecule has 0 aromatic heterocycles. The van der Waals surface area contributed by atoms with Crippen molar-refractivity contribution in [3.05, 3.63) is 59.2 Å². The summed E-state index contributed by atoms with van der Waals surface area (Å²) in [6.45, 7) is 4.11. The van der Waals surface area contributed by atoms with Crippen LogP contribution < -0.4 is 5.32 Å². The van der Waals surface area contributed by atoms with Gasteiger partial charge in [-0.05, 0) is 49.6 Å². The molecule has 0 radical (unpaired) electrons. The van der Waals surface area contributed by atoms with Crippen molar-refractivity contribution in [2.45, 2.75) is 30.4 Å². The lowest BCUT2D eigenvalue weighted by Gasteiger charge is -2.10. The average Bonchev–Trinajstić information content (AvgIpc) is 2.81. The molecule has 2 aromatic carbocycles. The van der Waals surface area contributed by atoms with Gasteiger partial charge in [0.1, 0.15) is 0 Å². The smallest absolute Gasteiger partial charge is 0.238 e. The molecule has 0 saturated heterocycles. The number of nitrogens with one attached hydrogen (secondary N) is 1. The first kappa shape index (κ1) is 13.3. The minimum atomic E-state index is -0.0210. The maximum Gasteiger partial charge on any atom is 0.238 e. The summed E-state index contributed by atoms with van der Waals surface area (Å²) in [6, 6.07) is 14.3. The Labute approximate surface area is 123 Å². The fourth-order valence-corrected chi connectivity index (χ4v) is 3.72. The van der Waals surface area contributed by atoms with Gasteiger partial charge in [0.25, 0.3) is 0 Å². The number of thioether (sulfide) groups is 1. The summed E-state index contributed by atoms with van der Waals surface area (Å²) >= 11 is 1.67. The number of rotatable bonds is 2. The lowest BCUT2D eigenvalue weighted by molar-refractivity contribution is -0.115. The van der Waals surface area contributed by atoms with Gasteiger partial charge in [0.05, 0.1) is 5.25 Å². The van der Waals surface area contributed by atoms with E-state index < -0.39 is 0 Å². The van der Waals surface area contributed by atoms with Crippen LogP contribution in [-0.2, 0) is 11.2 Å². The van der Waals surface area contributed by atoms with Crippen molar-refractivity contribution in [1.82, 2.24) is 0 Å². The van der Waals surface area contributed by atoms with Crippen LogP contribution >= 0.6 is 11.8 Å². The van der Waals surface area contributed by atoms with Gasteiger partial charge in [0.2, 0.25) is 5.91 Å². The van der Waals surface area contributed by atoms with E-state index in [9.17, 15) is 4.79 Å². The van der Waals surface area contributed by atoms with Gasteiger partial charge in [-0.25, -0.2) is 0 Å². The first-order valence-electron chi connectivity index (χ1n) is 6.75. The molecule has 1 aliphatic heterocycles. The number of hydrogen-bond donors (Lipinski definition) is 1. The standard InChI is InChI=1S/C17H17NOS/c1-11-4-3-5-14(8-11)18-17(19)16-10-13-7-6-12(2)9-15(13)20-16/h3-9,16H,10H2,1-2H3,(H,18,19). The zero-order valence-corrected chi connectivity index (χ0v) is 12.5. The molecule has 1 heterocycles. The van der Waals surface area contributed by atoms with Crippen molar-refractivity contribution in [2.24, 2.45) is 0 Å². The summed E-state index contributed by atoms with van der Waals surface area (Å²) < 4.78 is 0. The summed E-state index contributed by atoms with van der Waals surface area (Å²) in [4.78, 5) is 13.6. The molecule has 0 spiro atoms. The maximum absolute atomic E-state index is 12.3. The Hall–Kier alpha value is -1.74. The van der Waals surface area contributed by atoms with Crippen LogP contribution in [0.4, 0.5) is 5.69 Å². The zero-order chi connectivity index (χ0) is 14.1. The van der Waals surface area contributed by atoms with E-state index in [1.807, 2.05) is 31.2 Å². The van der Waals surface area contributed by atoms with E-state index in [1.165, 1.54) is 16.0 Å². The number of carbonyl (C=O) groups is 1. The first-order chi connectivity index (χ1) is 9.61. The number of carbonyl (C=O) groups excluding carboxylic acids is 1. The van der Waals surface area contributed by atoms with Crippen LogP contribution in [-0.4, -0.2) is 11.2 Å². The third kappa shape index (κ3) is 2.73. The van der Waals surface area contributed by atoms with Crippen molar-refractivity contribution in [2.75, 3.05) is 5.32 Å². The molecular weight excluding hydrogens is 266 g/mol. The van der Waals surface area contributed by atoms with Gasteiger partial charge in [-0.15, -0.1) is 11.8 Å². The molecular formula is C17H17NOS. The molecule has 2 nitrogen and oxygen atoms in total. The summed E-state index contributed by atoms with van der Waals surface area (Å²) in [5.41, 5.74) is 4.56. The molecule has 0 fully saturated rings. The normalized spacial score (nSPS) is 16.8. The fraction of sp³-hybridized carbons (Fsp3) is 0.235. The molecule has 0 saturated carbocycles. The predicted octanol–water partition coefficient (Wildman–Crippen LogP) is 3.96. The lowest BCUT2D eigenvalue weighted by Crippen LogP contribution is -2.24. The third-order valence-electron chi connectivity index (χ3n) is 3.48. The van der Waals surface area contributed by atoms with E-state index in [-0.39, 0.29) is 11.2 Å². The molecule has 1 unspecified atom stereocenters. The van der Waals surface area contributed by atoms with Gasteiger partial charge >= 0.3 is 0 Å². The average molecular weight is 283 g/mol. The van der Waals surface area contributed by atoms with E-state index in [4.69, 9.17) is 0 Å². The quantitative estimate of drug-likeness (QED) is 0.904. The Morgan fingerprint density at radius 1 is 1.15 bits per heavy atom. The highest BCUT2D eigenvalue weighted by Gasteiger charge is 2.28. The highest BCUT2D eigenvalue weighted by molar-refractivity contribution is 8.01. The SMILES string of the molecule is Cc1cccc(NC(=O)C2Cc3ccc(C)cc3S2)c1. The molecule has 0 aliphatic carbocycles. The van der Waals surface area contributed by atoms with Gasteiger partial charge in [-0.1, -0.05) is 29.8 Å². The van der Waals surface area contributed by atoms with Gasteiger partial charge < -0.3 is 5.32 Å². The van der Waals surface area contributed by atoms with Crippen molar-refractivity contribution in [3.8, 4) is 0 Å². The van der Waals surface area contributed by atoms with Crippen LogP contribution in [0, 0.1) is 13.8 Å². The van der Waals surface area contributed by atoms with E-state index >= 15 is 0 Å². The number of benzene rings is 2. The maximum atomic E-state index is 12.3. The van der Waals surface area contributed by atoms with Gasteiger partial charge in [-0.3, -0.25) is 4.79 Å². The Morgan fingerprint density at radius 2 is 1.95 bits per heavy atom. The minimum Gasteiger partial charge on any atom is -0.325 e. The summed E-state index contributed by atoms with van der Waals surface area (Å²) in [5.74, 6) is 0.0921. The second-order valence-electron chi connectivity index (χ2n) is 5.28. The van der Waals surface area contributed by atoms with Crippen LogP contribution in [0.2, 0.25) is 0 Å². The monoisotopic (exact) mass is 283 g/mol. The van der Waals surface area contributed by atoms with Gasteiger partial charge in [-0.2, -0.15) is 0 Å². The first-order valence-corrected chi connectivity index (χ1v) is 7.63. The second-order valence-corrected chi connectivity index (χ2v) is 6.53.